The van der Waals surface area contributed by atoms with Gasteiger partial charge in [0.1, 0.15) is 0 Å². The molecule has 0 N–H and O–H groups in total. The maximum atomic E-state index is 3.82. The monoisotopic (exact) mass is 196 g/mol. The lowest BCUT2D eigenvalue weighted by molar-refractivity contribution is 1.62. The zero-order valence-corrected chi connectivity index (χ0v) is 9.06. The fraction of sp³-hybridized carbons (Fsp3) is 0.0667. The summed E-state index contributed by atoms with van der Waals surface area (Å²) in [5.74, 6) is 0. The maximum absolute atomic E-state index is 3.82. The highest BCUT2D eigenvalue weighted by Crippen LogP contribution is 2.14. The Labute approximate surface area is 92.0 Å². The van der Waals surface area contributed by atoms with E-state index in [9.17, 15) is 0 Å². The Bertz CT molecular complexity index is 378. The molecule has 0 nitrogen and oxygen atoms in total. The van der Waals surface area contributed by atoms with Crippen molar-refractivity contribution in [3.05, 3.63) is 78.9 Å². The summed E-state index contributed by atoms with van der Waals surface area (Å²) in [6.45, 7) is 5.82. The van der Waals surface area contributed by atoms with Crippen molar-refractivity contribution in [2.75, 3.05) is 0 Å². The van der Waals surface area contributed by atoms with E-state index in [4.69, 9.17) is 0 Å². The molecule has 1 aromatic carbocycles. The van der Waals surface area contributed by atoms with Crippen LogP contribution in [-0.2, 0) is 0 Å². The number of benzene rings is 1. The van der Waals surface area contributed by atoms with E-state index in [0.717, 1.165) is 5.57 Å². The van der Waals surface area contributed by atoms with E-state index in [0.29, 0.717) is 0 Å². The predicted octanol–water partition coefficient (Wildman–Crippen LogP) is 4.39. The van der Waals surface area contributed by atoms with E-state index in [1.165, 1.54) is 5.56 Å². The van der Waals surface area contributed by atoms with Crippen molar-refractivity contribution in [2.45, 2.75) is 6.92 Å². The topological polar surface area (TPSA) is 0 Å². The van der Waals surface area contributed by atoms with Crippen molar-refractivity contribution in [3.8, 4) is 0 Å². The number of rotatable bonds is 4. The van der Waals surface area contributed by atoms with Gasteiger partial charge in [0.25, 0.3) is 0 Å². The first-order valence-corrected chi connectivity index (χ1v) is 5.06. The third-order valence-corrected chi connectivity index (χ3v) is 2.02. The Kier molecular flexibility index (Phi) is 4.96. The van der Waals surface area contributed by atoms with Crippen molar-refractivity contribution >= 4 is 5.57 Å². The quantitative estimate of drug-likeness (QED) is 0.626. The van der Waals surface area contributed by atoms with Crippen LogP contribution in [0.2, 0.25) is 0 Å². The zero-order chi connectivity index (χ0) is 10.9. The molecule has 15 heavy (non-hydrogen) atoms. The van der Waals surface area contributed by atoms with E-state index < -0.39 is 0 Å². The number of allylic oxidation sites excluding steroid dienone is 7. The molecule has 0 heterocycles. The predicted molar refractivity (Wildman–Crippen MR) is 68.6 cm³/mol. The van der Waals surface area contributed by atoms with Crippen molar-refractivity contribution in [1.29, 1.82) is 0 Å². The Balaban J connectivity index is 2.85. The molecule has 0 radical (unpaired) electrons. The normalized spacial score (nSPS) is 12.5. The number of hydrogen-bond acceptors (Lipinski definition) is 0. The average molecular weight is 196 g/mol. The summed E-state index contributed by atoms with van der Waals surface area (Å²) in [5.41, 5.74) is 2.33. The SMILES string of the molecule is C=C\C(=C/C=C/C=C/C)c1ccccc1. The summed E-state index contributed by atoms with van der Waals surface area (Å²) in [7, 11) is 0. The van der Waals surface area contributed by atoms with Gasteiger partial charge in [0.05, 0.1) is 0 Å². The van der Waals surface area contributed by atoms with Crippen LogP contribution >= 0.6 is 0 Å². The molecule has 1 aromatic rings. The first-order chi connectivity index (χ1) is 7.38. The van der Waals surface area contributed by atoms with Crippen LogP contribution in [0.4, 0.5) is 0 Å². The molecular weight excluding hydrogens is 180 g/mol. The van der Waals surface area contributed by atoms with Crippen LogP contribution in [0.25, 0.3) is 5.57 Å². The third-order valence-electron chi connectivity index (χ3n) is 2.02. The van der Waals surface area contributed by atoms with Crippen LogP contribution in [0.5, 0.6) is 0 Å². The summed E-state index contributed by atoms with van der Waals surface area (Å²) < 4.78 is 0. The molecule has 0 saturated heterocycles. The van der Waals surface area contributed by atoms with Crippen molar-refractivity contribution in [2.24, 2.45) is 0 Å². The molecule has 0 atom stereocenters. The smallest absolute Gasteiger partial charge is 0.0184 e. The second-order valence-electron chi connectivity index (χ2n) is 3.10. The lowest BCUT2D eigenvalue weighted by Gasteiger charge is -1.99. The molecule has 0 aliphatic rings. The molecular formula is C15H16. The highest BCUT2D eigenvalue weighted by atomic mass is 14.0. The average Bonchev–Trinajstić information content (AvgIpc) is 2.30. The molecule has 0 unspecified atom stereocenters. The maximum Gasteiger partial charge on any atom is -0.0184 e. The molecule has 0 aliphatic carbocycles. The van der Waals surface area contributed by atoms with E-state index in [2.05, 4.69) is 24.8 Å². The highest BCUT2D eigenvalue weighted by Gasteiger charge is 1.92. The van der Waals surface area contributed by atoms with Crippen LogP contribution in [-0.4, -0.2) is 0 Å². The van der Waals surface area contributed by atoms with Gasteiger partial charge in [0, 0.05) is 0 Å². The molecule has 0 heteroatoms. The summed E-state index contributed by atoms with van der Waals surface area (Å²) in [4.78, 5) is 0. The van der Waals surface area contributed by atoms with Gasteiger partial charge in [0.2, 0.25) is 0 Å². The number of hydrogen-bond donors (Lipinski definition) is 0. The van der Waals surface area contributed by atoms with Gasteiger partial charge in [-0.15, -0.1) is 0 Å². The summed E-state index contributed by atoms with van der Waals surface area (Å²) >= 11 is 0. The summed E-state index contributed by atoms with van der Waals surface area (Å²) in [6.07, 6.45) is 12.0. The second-order valence-corrected chi connectivity index (χ2v) is 3.10. The van der Waals surface area contributed by atoms with Crippen LogP contribution in [0.1, 0.15) is 12.5 Å². The Hall–Kier alpha value is -1.82. The minimum atomic E-state index is 1.14. The van der Waals surface area contributed by atoms with Crippen LogP contribution in [0.3, 0.4) is 0 Å². The van der Waals surface area contributed by atoms with Gasteiger partial charge in [-0.1, -0.05) is 73.4 Å². The Morgan fingerprint density at radius 1 is 1.07 bits per heavy atom. The Morgan fingerprint density at radius 3 is 2.40 bits per heavy atom. The molecule has 0 aromatic heterocycles. The van der Waals surface area contributed by atoms with Gasteiger partial charge in [0.15, 0.2) is 0 Å². The van der Waals surface area contributed by atoms with Crippen molar-refractivity contribution in [3.63, 3.8) is 0 Å². The molecule has 76 valence electrons. The van der Waals surface area contributed by atoms with Gasteiger partial charge >= 0.3 is 0 Å². The highest BCUT2D eigenvalue weighted by molar-refractivity contribution is 5.74. The molecule has 0 bridgehead atoms. The first kappa shape index (κ1) is 11.3. The lowest BCUT2D eigenvalue weighted by Crippen LogP contribution is -1.77. The standard InChI is InChI=1S/C15H16/c1-3-5-6-8-11-14(4-2)15-12-9-7-10-13-15/h3-13H,2H2,1H3/b5-3+,8-6+,14-11+. The molecule has 0 aliphatic heterocycles. The third kappa shape index (κ3) is 3.82. The first-order valence-electron chi connectivity index (χ1n) is 5.06. The van der Waals surface area contributed by atoms with E-state index in [-0.39, 0.29) is 0 Å². The molecule has 0 spiro atoms. The van der Waals surface area contributed by atoms with E-state index >= 15 is 0 Å². The van der Waals surface area contributed by atoms with Gasteiger partial charge < -0.3 is 0 Å². The fourth-order valence-electron chi connectivity index (χ4n) is 1.25. The lowest BCUT2D eigenvalue weighted by atomic mass is 10.1. The van der Waals surface area contributed by atoms with Crippen LogP contribution in [0.15, 0.2) is 73.4 Å². The summed E-state index contributed by atoms with van der Waals surface area (Å²) in [6, 6.07) is 10.2. The minimum absolute atomic E-state index is 1.14. The van der Waals surface area contributed by atoms with Gasteiger partial charge in [-0.25, -0.2) is 0 Å². The van der Waals surface area contributed by atoms with Crippen LogP contribution < -0.4 is 0 Å². The van der Waals surface area contributed by atoms with E-state index in [1.54, 1.807) is 0 Å². The fourth-order valence-corrected chi connectivity index (χ4v) is 1.25. The van der Waals surface area contributed by atoms with E-state index in [1.807, 2.05) is 55.5 Å². The summed E-state index contributed by atoms with van der Waals surface area (Å²) in [5, 5.41) is 0. The largest absolute Gasteiger partial charge is 0.0984 e. The Morgan fingerprint density at radius 2 is 1.80 bits per heavy atom. The van der Waals surface area contributed by atoms with Crippen molar-refractivity contribution in [1.82, 2.24) is 0 Å². The minimum Gasteiger partial charge on any atom is -0.0984 e. The van der Waals surface area contributed by atoms with Crippen LogP contribution in [0, 0.1) is 0 Å². The van der Waals surface area contributed by atoms with Gasteiger partial charge in [-0.2, -0.15) is 0 Å². The zero-order valence-electron chi connectivity index (χ0n) is 9.06. The molecule has 1 rings (SSSR count). The molecule has 0 fully saturated rings. The molecule has 0 amide bonds. The second kappa shape index (κ2) is 6.61. The van der Waals surface area contributed by atoms with Crippen molar-refractivity contribution < 1.29 is 0 Å². The molecule has 0 saturated carbocycles. The van der Waals surface area contributed by atoms with Gasteiger partial charge in [-0.05, 0) is 18.1 Å². The van der Waals surface area contributed by atoms with Gasteiger partial charge in [-0.3, -0.25) is 0 Å².